The number of urea groups is 1. The van der Waals surface area contributed by atoms with E-state index in [1.165, 1.54) is 4.90 Å². The maximum absolute atomic E-state index is 12.6. The molecule has 1 saturated heterocycles. The van der Waals surface area contributed by atoms with Crippen LogP contribution in [0.4, 0.5) is 10.5 Å². The molecule has 4 N–H and O–H groups in total. The minimum atomic E-state index is -0.686. The second-order valence-corrected chi connectivity index (χ2v) is 7.28. The topological polar surface area (TPSA) is 118 Å². The van der Waals surface area contributed by atoms with E-state index >= 15 is 0 Å². The average molecular weight is 515 g/mol. The molecule has 1 aromatic rings. The van der Waals surface area contributed by atoms with Gasteiger partial charge in [-0.3, -0.25) is 14.7 Å². The van der Waals surface area contributed by atoms with E-state index < -0.39 is 5.54 Å². The van der Waals surface area contributed by atoms with Crippen molar-refractivity contribution < 1.29 is 19.1 Å². The van der Waals surface area contributed by atoms with Crippen LogP contribution in [0, 0.1) is 0 Å². The van der Waals surface area contributed by atoms with Gasteiger partial charge in [0.2, 0.25) is 0 Å². The Bertz CT molecular complexity index is 810. The first kappa shape index (κ1) is 21.5. The lowest BCUT2D eigenvalue weighted by Gasteiger charge is -2.19. The lowest BCUT2D eigenvalue weighted by atomic mass is 9.98. The summed E-state index contributed by atoms with van der Waals surface area (Å²) < 4.78 is 11.3. The van der Waals surface area contributed by atoms with Gasteiger partial charge in [-0.2, -0.15) is 0 Å². The molecule has 0 unspecified atom stereocenters. The Labute approximate surface area is 186 Å². The Kier molecular flexibility index (Phi) is 6.70. The van der Waals surface area contributed by atoms with E-state index in [1.54, 1.807) is 0 Å². The summed E-state index contributed by atoms with van der Waals surface area (Å²) in [6, 6.07) is 5.13. The maximum Gasteiger partial charge on any atom is 0.325 e. The third-order valence-corrected chi connectivity index (χ3v) is 5.33. The number of carbonyl (C=O) groups is 2. The van der Waals surface area contributed by atoms with Gasteiger partial charge in [0.15, 0.2) is 17.5 Å². The number of hydrogen-bond donors (Lipinski definition) is 3. The van der Waals surface area contributed by atoms with Crippen molar-refractivity contribution in [1.29, 1.82) is 0 Å². The lowest BCUT2D eigenvalue weighted by Crippen LogP contribution is -2.44. The van der Waals surface area contributed by atoms with Gasteiger partial charge < -0.3 is 25.8 Å². The predicted molar refractivity (Wildman–Crippen MR) is 119 cm³/mol. The number of rotatable bonds is 4. The number of nitrogens with one attached hydrogen (secondary N) is 2. The molecule has 3 aliphatic rings. The van der Waals surface area contributed by atoms with E-state index in [9.17, 15) is 9.59 Å². The van der Waals surface area contributed by atoms with E-state index in [0.717, 1.165) is 24.9 Å². The predicted octanol–water partition coefficient (Wildman–Crippen LogP) is 2.06. The molecule has 2 heterocycles. The molecule has 1 aliphatic carbocycles. The van der Waals surface area contributed by atoms with Gasteiger partial charge in [-0.05, 0) is 25.0 Å². The number of fused-ring (bicyclic) bond motifs is 1. The van der Waals surface area contributed by atoms with E-state index in [2.05, 4.69) is 15.6 Å². The number of halogens is 1. The van der Waals surface area contributed by atoms with Crippen molar-refractivity contribution in [3.8, 4) is 11.5 Å². The Morgan fingerprint density at radius 3 is 2.66 bits per heavy atom. The summed E-state index contributed by atoms with van der Waals surface area (Å²) in [7, 11) is 0. The first-order valence-corrected chi connectivity index (χ1v) is 9.68. The molecule has 1 spiro atoms. The minimum absolute atomic E-state index is 0. The highest BCUT2D eigenvalue weighted by atomic mass is 127. The van der Waals surface area contributed by atoms with Crippen LogP contribution in [-0.4, -0.2) is 54.6 Å². The van der Waals surface area contributed by atoms with Crippen molar-refractivity contribution in [2.24, 2.45) is 10.7 Å². The maximum atomic E-state index is 12.6. The van der Waals surface area contributed by atoms with Crippen molar-refractivity contribution in [2.45, 2.75) is 37.6 Å². The summed E-state index contributed by atoms with van der Waals surface area (Å²) in [6.45, 7) is 1.68. The number of guanidine groups is 1. The zero-order valence-corrected chi connectivity index (χ0v) is 18.4. The summed E-state index contributed by atoms with van der Waals surface area (Å²) in [4.78, 5) is 30.2. The van der Waals surface area contributed by atoms with Crippen LogP contribution in [0.5, 0.6) is 11.5 Å². The highest BCUT2D eigenvalue weighted by Gasteiger charge is 2.52. The molecular weight excluding hydrogens is 489 g/mol. The quantitative estimate of drug-likeness (QED) is 0.245. The molecule has 2 fully saturated rings. The number of hydrogen-bond acceptors (Lipinski definition) is 5. The van der Waals surface area contributed by atoms with Crippen molar-refractivity contribution in [2.75, 3.05) is 31.6 Å². The van der Waals surface area contributed by atoms with E-state index in [4.69, 9.17) is 15.2 Å². The standard InChI is InChI=1S/C19H25N5O4.HI/c20-17(22-13-4-5-14-15(12-13)28-11-3-10-27-14)21-8-9-24-16(25)19(23-18(24)26)6-1-2-7-19;/h4-5,12H,1-3,6-11H2,(H,23,26)(H3,20,21,22);1H. The fourth-order valence-electron chi connectivity index (χ4n) is 3.90. The van der Waals surface area contributed by atoms with E-state index in [0.29, 0.717) is 37.6 Å². The molecule has 0 bridgehead atoms. The molecule has 2 aliphatic heterocycles. The zero-order chi connectivity index (χ0) is 19.6. The van der Waals surface area contributed by atoms with Crippen LogP contribution >= 0.6 is 24.0 Å². The monoisotopic (exact) mass is 515 g/mol. The molecule has 1 aromatic carbocycles. The normalized spacial score (nSPS) is 20.3. The Morgan fingerprint density at radius 2 is 1.90 bits per heavy atom. The van der Waals surface area contributed by atoms with Gasteiger partial charge in [0.05, 0.1) is 26.3 Å². The molecule has 3 amide bonds. The minimum Gasteiger partial charge on any atom is -0.490 e. The number of benzene rings is 1. The number of ether oxygens (including phenoxy) is 2. The summed E-state index contributed by atoms with van der Waals surface area (Å²) >= 11 is 0. The Balaban J connectivity index is 0.00000240. The second-order valence-electron chi connectivity index (χ2n) is 7.28. The van der Waals surface area contributed by atoms with Gasteiger partial charge in [-0.15, -0.1) is 24.0 Å². The molecule has 10 heteroatoms. The highest BCUT2D eigenvalue weighted by molar-refractivity contribution is 14.0. The van der Waals surface area contributed by atoms with Crippen LogP contribution in [-0.2, 0) is 4.79 Å². The third-order valence-electron chi connectivity index (χ3n) is 5.33. The third kappa shape index (κ3) is 4.51. The molecule has 4 rings (SSSR count). The number of nitrogens with zero attached hydrogens (tertiary/aromatic N) is 2. The van der Waals surface area contributed by atoms with Crippen LogP contribution in [0.1, 0.15) is 32.1 Å². The Morgan fingerprint density at radius 1 is 1.17 bits per heavy atom. The Hall–Kier alpha value is -2.24. The first-order valence-electron chi connectivity index (χ1n) is 9.68. The van der Waals surface area contributed by atoms with Gasteiger partial charge in [-0.25, -0.2) is 4.79 Å². The number of amides is 3. The van der Waals surface area contributed by atoms with Crippen LogP contribution in [0.25, 0.3) is 0 Å². The molecule has 9 nitrogen and oxygen atoms in total. The second kappa shape index (κ2) is 9.06. The van der Waals surface area contributed by atoms with Crippen LogP contribution < -0.4 is 25.8 Å². The van der Waals surface area contributed by atoms with Crippen LogP contribution in [0.15, 0.2) is 23.2 Å². The van der Waals surface area contributed by atoms with Gasteiger partial charge in [0, 0.05) is 18.2 Å². The number of anilines is 1. The number of carbonyl (C=O) groups excluding carboxylic acids is 2. The van der Waals surface area contributed by atoms with Crippen molar-refractivity contribution in [3.05, 3.63) is 18.2 Å². The molecule has 29 heavy (non-hydrogen) atoms. The SMILES string of the molecule is I.NC(=NCCN1C(=O)NC2(CCCC2)C1=O)Nc1ccc2c(c1)OCCCO2. The lowest BCUT2D eigenvalue weighted by molar-refractivity contribution is -0.131. The fraction of sp³-hybridized carbons (Fsp3) is 0.526. The van der Waals surface area contributed by atoms with Crippen molar-refractivity contribution >= 4 is 47.6 Å². The summed E-state index contributed by atoms with van der Waals surface area (Å²) in [5.74, 6) is 1.44. The van der Waals surface area contributed by atoms with Gasteiger partial charge in [0.25, 0.3) is 5.91 Å². The van der Waals surface area contributed by atoms with Crippen LogP contribution in [0.2, 0.25) is 0 Å². The fourth-order valence-corrected chi connectivity index (χ4v) is 3.90. The molecule has 0 atom stereocenters. The van der Waals surface area contributed by atoms with Gasteiger partial charge >= 0.3 is 6.03 Å². The number of aliphatic imine (C=N–C) groups is 1. The molecule has 1 saturated carbocycles. The van der Waals surface area contributed by atoms with E-state index in [-0.39, 0.29) is 55.0 Å². The number of imide groups is 1. The molecule has 158 valence electrons. The number of nitrogens with two attached hydrogens (primary N) is 1. The van der Waals surface area contributed by atoms with Crippen molar-refractivity contribution in [1.82, 2.24) is 10.2 Å². The van der Waals surface area contributed by atoms with Gasteiger partial charge in [-0.1, -0.05) is 12.8 Å². The molecule has 0 radical (unpaired) electrons. The summed E-state index contributed by atoms with van der Waals surface area (Å²) in [5.41, 5.74) is 5.99. The van der Waals surface area contributed by atoms with Crippen LogP contribution in [0.3, 0.4) is 0 Å². The van der Waals surface area contributed by atoms with Gasteiger partial charge in [0.1, 0.15) is 5.54 Å². The zero-order valence-electron chi connectivity index (χ0n) is 16.1. The molecule has 0 aromatic heterocycles. The largest absolute Gasteiger partial charge is 0.490 e. The summed E-state index contributed by atoms with van der Waals surface area (Å²) in [5, 5.41) is 5.85. The average Bonchev–Trinajstić information content (AvgIpc) is 3.13. The van der Waals surface area contributed by atoms with Crippen molar-refractivity contribution in [3.63, 3.8) is 0 Å². The van der Waals surface area contributed by atoms with E-state index in [1.807, 2.05) is 18.2 Å². The smallest absolute Gasteiger partial charge is 0.325 e. The summed E-state index contributed by atoms with van der Waals surface area (Å²) in [6.07, 6.45) is 4.19. The molecular formula is C19H26IN5O4. The highest BCUT2D eigenvalue weighted by Crippen LogP contribution is 2.35. The first-order chi connectivity index (χ1) is 13.6.